The molecule has 1 atom stereocenters. The first kappa shape index (κ1) is 8.61. The monoisotopic (exact) mass is 152 g/mol. The molecule has 0 heterocycles. The topological polar surface area (TPSA) is 74.6 Å². The molecule has 0 rings (SSSR count). The van der Waals surface area contributed by atoms with Gasteiger partial charge in [0.05, 0.1) is 11.5 Å². The molecule has 0 saturated heterocycles. The standard InChI is InChI=1S/C4H8O4S/c1-3(9(7)8)4(6)2-5/h4-6H,2H2,1H3. The van der Waals surface area contributed by atoms with Gasteiger partial charge in [-0.1, -0.05) is 0 Å². The Balaban J connectivity index is 4.40. The van der Waals surface area contributed by atoms with E-state index in [4.69, 9.17) is 10.2 Å². The summed E-state index contributed by atoms with van der Waals surface area (Å²) in [5.41, 5.74) is 0. The molecule has 0 aliphatic carbocycles. The van der Waals surface area contributed by atoms with Crippen LogP contribution in [0.15, 0.2) is 0 Å². The van der Waals surface area contributed by atoms with Crippen LogP contribution in [0.5, 0.6) is 0 Å². The molecule has 0 radical (unpaired) electrons. The van der Waals surface area contributed by atoms with Crippen LogP contribution in [-0.4, -0.2) is 36.2 Å². The van der Waals surface area contributed by atoms with E-state index in [-0.39, 0.29) is 4.86 Å². The minimum atomic E-state index is -2.38. The van der Waals surface area contributed by atoms with Gasteiger partial charge in [-0.05, 0) is 6.92 Å². The van der Waals surface area contributed by atoms with Crippen molar-refractivity contribution in [2.24, 2.45) is 0 Å². The first-order valence-electron chi connectivity index (χ1n) is 2.31. The molecule has 0 aliphatic heterocycles. The fourth-order valence-electron chi connectivity index (χ4n) is 0.240. The van der Waals surface area contributed by atoms with Crippen molar-refractivity contribution in [3.05, 3.63) is 0 Å². The zero-order valence-electron chi connectivity index (χ0n) is 4.90. The molecule has 5 heteroatoms. The first-order chi connectivity index (χ1) is 4.09. The SMILES string of the molecule is CC(C(O)CO)=S(=O)=O. The van der Waals surface area contributed by atoms with Gasteiger partial charge in [0.2, 0.25) is 10.3 Å². The summed E-state index contributed by atoms with van der Waals surface area (Å²) < 4.78 is 20.0. The van der Waals surface area contributed by atoms with Gasteiger partial charge in [0, 0.05) is 0 Å². The van der Waals surface area contributed by atoms with E-state index in [0.29, 0.717) is 0 Å². The summed E-state index contributed by atoms with van der Waals surface area (Å²) in [6, 6.07) is 0. The Morgan fingerprint density at radius 2 is 2.11 bits per heavy atom. The normalized spacial score (nSPS) is 12.8. The van der Waals surface area contributed by atoms with Crippen molar-refractivity contribution in [1.29, 1.82) is 0 Å². The Hall–Kier alpha value is -0.390. The molecule has 0 fully saturated rings. The molecule has 54 valence electrons. The molecule has 0 aromatic rings. The van der Waals surface area contributed by atoms with Gasteiger partial charge >= 0.3 is 0 Å². The summed E-state index contributed by atoms with van der Waals surface area (Å²) in [6.45, 7) is 0.684. The molecule has 2 N–H and O–H groups in total. The number of rotatable bonds is 2. The summed E-state index contributed by atoms with van der Waals surface area (Å²) in [4.78, 5) is -0.141. The smallest absolute Gasteiger partial charge is 0.215 e. The third-order valence-corrected chi connectivity index (χ3v) is 1.70. The summed E-state index contributed by atoms with van der Waals surface area (Å²) >= 11 is 0. The fourth-order valence-corrected chi connectivity index (χ4v) is 0.536. The second-order valence-electron chi connectivity index (χ2n) is 1.54. The second kappa shape index (κ2) is 3.60. The molecule has 0 saturated carbocycles. The summed E-state index contributed by atoms with van der Waals surface area (Å²) in [5, 5.41) is 16.8. The van der Waals surface area contributed by atoms with Gasteiger partial charge in [-0.15, -0.1) is 0 Å². The lowest BCUT2D eigenvalue weighted by Crippen LogP contribution is -2.21. The number of aliphatic hydroxyl groups is 2. The highest BCUT2D eigenvalue weighted by Gasteiger charge is 2.05. The van der Waals surface area contributed by atoms with Crippen LogP contribution >= 0.6 is 0 Å². The van der Waals surface area contributed by atoms with Crippen LogP contribution < -0.4 is 0 Å². The van der Waals surface area contributed by atoms with Crippen LogP contribution in [0.4, 0.5) is 0 Å². The molecule has 0 amide bonds. The van der Waals surface area contributed by atoms with Crippen molar-refractivity contribution in [2.75, 3.05) is 6.61 Å². The molecular weight excluding hydrogens is 144 g/mol. The van der Waals surface area contributed by atoms with Gasteiger partial charge in [-0.25, -0.2) is 0 Å². The highest BCUT2D eigenvalue weighted by Crippen LogP contribution is 1.82. The van der Waals surface area contributed by atoms with Crippen LogP contribution in [0, 0.1) is 0 Å². The van der Waals surface area contributed by atoms with Crippen LogP contribution in [0.2, 0.25) is 0 Å². The van der Waals surface area contributed by atoms with Crippen molar-refractivity contribution in [2.45, 2.75) is 13.0 Å². The van der Waals surface area contributed by atoms with Crippen molar-refractivity contribution in [3.63, 3.8) is 0 Å². The average Bonchev–Trinajstić information content (AvgIpc) is 1.84. The predicted molar refractivity (Wildman–Crippen MR) is 32.7 cm³/mol. The number of hydrogen-bond acceptors (Lipinski definition) is 4. The van der Waals surface area contributed by atoms with E-state index in [1.807, 2.05) is 0 Å². The van der Waals surface area contributed by atoms with Crippen molar-refractivity contribution in [3.8, 4) is 0 Å². The van der Waals surface area contributed by atoms with E-state index < -0.39 is 23.0 Å². The van der Waals surface area contributed by atoms with Gasteiger partial charge in [-0.3, -0.25) is 0 Å². The summed E-state index contributed by atoms with van der Waals surface area (Å²) in [5.74, 6) is 0. The average molecular weight is 152 g/mol. The van der Waals surface area contributed by atoms with Crippen LogP contribution in [0.3, 0.4) is 0 Å². The zero-order valence-corrected chi connectivity index (χ0v) is 5.72. The molecule has 0 spiro atoms. The molecule has 0 bridgehead atoms. The molecule has 0 aromatic heterocycles. The molecule has 4 nitrogen and oxygen atoms in total. The Morgan fingerprint density at radius 3 is 2.22 bits per heavy atom. The Bertz CT molecular complexity index is 195. The van der Waals surface area contributed by atoms with Crippen molar-refractivity contribution in [1.82, 2.24) is 0 Å². The van der Waals surface area contributed by atoms with Gasteiger partial charge in [-0.2, -0.15) is 8.42 Å². The maximum Gasteiger partial charge on any atom is 0.215 e. The lowest BCUT2D eigenvalue weighted by Gasteiger charge is -1.99. The highest BCUT2D eigenvalue weighted by atomic mass is 32.2. The van der Waals surface area contributed by atoms with Crippen molar-refractivity contribution >= 4 is 15.2 Å². The van der Waals surface area contributed by atoms with Crippen LogP contribution in [0.1, 0.15) is 6.92 Å². The fraction of sp³-hybridized carbons (Fsp3) is 0.750. The third-order valence-electron chi connectivity index (χ3n) is 0.905. The maximum atomic E-state index is 9.99. The summed E-state index contributed by atoms with van der Waals surface area (Å²) in [7, 11) is -2.38. The Morgan fingerprint density at radius 1 is 1.67 bits per heavy atom. The van der Waals surface area contributed by atoms with Crippen LogP contribution in [0.25, 0.3) is 0 Å². The largest absolute Gasteiger partial charge is 0.393 e. The van der Waals surface area contributed by atoms with E-state index in [0.717, 1.165) is 0 Å². The lowest BCUT2D eigenvalue weighted by atomic mass is 10.3. The predicted octanol–water partition coefficient (Wildman–Crippen LogP) is -1.59. The summed E-state index contributed by atoms with van der Waals surface area (Å²) in [6.07, 6.45) is -1.25. The molecule has 0 aliphatic rings. The highest BCUT2D eigenvalue weighted by molar-refractivity contribution is 7.73. The minimum Gasteiger partial charge on any atom is -0.393 e. The molecule has 9 heavy (non-hydrogen) atoms. The van der Waals surface area contributed by atoms with Gasteiger partial charge in [0.15, 0.2) is 0 Å². The van der Waals surface area contributed by atoms with Crippen molar-refractivity contribution < 1.29 is 18.6 Å². The van der Waals surface area contributed by atoms with E-state index in [1.54, 1.807) is 0 Å². The van der Waals surface area contributed by atoms with E-state index >= 15 is 0 Å². The molecular formula is C4H8O4S. The quantitative estimate of drug-likeness (QED) is 0.468. The minimum absolute atomic E-state index is 0.141. The molecule has 1 unspecified atom stereocenters. The van der Waals surface area contributed by atoms with E-state index in [2.05, 4.69) is 0 Å². The Kier molecular flexibility index (Phi) is 3.44. The van der Waals surface area contributed by atoms with E-state index in [9.17, 15) is 8.42 Å². The van der Waals surface area contributed by atoms with E-state index in [1.165, 1.54) is 6.92 Å². The van der Waals surface area contributed by atoms with Crippen LogP contribution in [-0.2, 0) is 10.3 Å². The Labute approximate surface area is 54.3 Å². The zero-order chi connectivity index (χ0) is 7.44. The second-order valence-corrected chi connectivity index (χ2v) is 2.66. The third kappa shape index (κ3) is 2.59. The number of hydrogen-bond donors (Lipinski definition) is 2. The number of aliphatic hydroxyl groups excluding tert-OH is 2. The van der Waals surface area contributed by atoms with Gasteiger partial charge in [0.25, 0.3) is 0 Å². The van der Waals surface area contributed by atoms with Gasteiger partial charge in [0.1, 0.15) is 6.10 Å². The first-order valence-corrected chi connectivity index (χ1v) is 3.38. The van der Waals surface area contributed by atoms with Gasteiger partial charge < -0.3 is 10.2 Å². The maximum absolute atomic E-state index is 9.99. The lowest BCUT2D eigenvalue weighted by molar-refractivity contribution is 0.146. The molecule has 0 aromatic carbocycles.